The fraction of sp³-hybridized carbons (Fsp3) is 0.500. The lowest BCUT2D eigenvalue weighted by Crippen LogP contribution is -2.29. The van der Waals surface area contributed by atoms with Gasteiger partial charge in [-0.05, 0) is 12.8 Å². The second kappa shape index (κ2) is 4.49. The molecule has 0 aromatic carbocycles. The normalized spacial score (nSPS) is 14.6. The molecule has 1 saturated carbocycles. The Morgan fingerprint density at radius 1 is 1.47 bits per heavy atom. The molecule has 1 N–H and O–H groups in total. The zero-order valence-corrected chi connectivity index (χ0v) is 11.0. The summed E-state index contributed by atoms with van der Waals surface area (Å²) in [5, 5.41) is 11.4. The molecule has 0 aliphatic heterocycles. The van der Waals surface area contributed by atoms with E-state index in [1.165, 1.54) is 17.7 Å². The first kappa shape index (κ1) is 11.9. The van der Waals surface area contributed by atoms with Gasteiger partial charge in [0.1, 0.15) is 5.82 Å². The van der Waals surface area contributed by atoms with Crippen LogP contribution >= 0.6 is 0 Å². The molecule has 0 unspecified atom stereocenters. The van der Waals surface area contributed by atoms with Crippen molar-refractivity contribution in [2.45, 2.75) is 18.8 Å². The number of nitrogens with one attached hydrogen (secondary N) is 1. The predicted octanol–water partition coefficient (Wildman–Crippen LogP) is 0.502. The molecule has 19 heavy (non-hydrogen) atoms. The third-order valence-electron chi connectivity index (χ3n) is 3.20. The Kier molecular flexibility index (Phi) is 2.81. The van der Waals surface area contributed by atoms with Gasteiger partial charge < -0.3 is 10.2 Å². The molecule has 0 atom stereocenters. The molecule has 0 saturated heterocycles. The topological polar surface area (TPSA) is 75.4 Å². The maximum atomic E-state index is 11.6. The van der Waals surface area contributed by atoms with E-state index in [9.17, 15) is 4.79 Å². The van der Waals surface area contributed by atoms with Crippen LogP contribution in [0.3, 0.4) is 0 Å². The Hall–Kier alpha value is -2.18. The van der Waals surface area contributed by atoms with Crippen LogP contribution < -0.4 is 5.32 Å². The number of aromatic nitrogens is 4. The number of nitrogens with zero attached hydrogens (tertiary/aromatic N) is 5. The van der Waals surface area contributed by atoms with Crippen molar-refractivity contribution in [2.75, 3.05) is 26.0 Å². The van der Waals surface area contributed by atoms with E-state index < -0.39 is 0 Å². The van der Waals surface area contributed by atoms with Crippen molar-refractivity contribution in [2.24, 2.45) is 0 Å². The fourth-order valence-electron chi connectivity index (χ4n) is 1.91. The first-order valence-corrected chi connectivity index (χ1v) is 6.30. The van der Waals surface area contributed by atoms with Gasteiger partial charge in [0.05, 0.1) is 6.54 Å². The number of hydrogen-bond donors (Lipinski definition) is 1. The highest BCUT2D eigenvalue weighted by Crippen LogP contribution is 2.39. The van der Waals surface area contributed by atoms with Crippen LogP contribution in [-0.4, -0.2) is 51.0 Å². The standard InChI is InChI=1S/C12H16N6O/c1-17(2)9(19)7-14-10-12-16-15-11(8-3-4-8)18(12)6-5-13-10/h5-6,8H,3-4,7H2,1-2H3,(H,13,14). The van der Waals surface area contributed by atoms with Crippen molar-refractivity contribution in [3.05, 3.63) is 18.2 Å². The van der Waals surface area contributed by atoms with Crippen molar-refractivity contribution in [3.8, 4) is 0 Å². The van der Waals surface area contributed by atoms with Gasteiger partial charge in [0.25, 0.3) is 0 Å². The smallest absolute Gasteiger partial charge is 0.241 e. The minimum absolute atomic E-state index is 0.00858. The Bertz CT molecular complexity index is 616. The molecule has 0 spiro atoms. The van der Waals surface area contributed by atoms with E-state index in [4.69, 9.17) is 0 Å². The molecule has 1 amide bonds. The average molecular weight is 260 g/mol. The summed E-state index contributed by atoms with van der Waals surface area (Å²) in [6.07, 6.45) is 5.91. The lowest BCUT2D eigenvalue weighted by Gasteiger charge is -2.11. The molecule has 1 fully saturated rings. The first-order chi connectivity index (χ1) is 9.16. The minimum Gasteiger partial charge on any atom is -0.358 e. The van der Waals surface area contributed by atoms with Crippen molar-refractivity contribution in [1.82, 2.24) is 24.5 Å². The third kappa shape index (κ3) is 2.23. The molecule has 2 aromatic heterocycles. The van der Waals surface area contributed by atoms with Crippen LogP contribution in [0.1, 0.15) is 24.6 Å². The number of rotatable bonds is 4. The van der Waals surface area contributed by atoms with Crippen LogP contribution in [0.2, 0.25) is 0 Å². The van der Waals surface area contributed by atoms with E-state index in [1.807, 2.05) is 10.6 Å². The van der Waals surface area contributed by atoms with E-state index in [0.717, 1.165) is 5.82 Å². The SMILES string of the molecule is CN(C)C(=O)CNc1nccn2c(C3CC3)nnc12. The number of carbonyl (C=O) groups is 1. The third-order valence-corrected chi connectivity index (χ3v) is 3.20. The zero-order chi connectivity index (χ0) is 13.4. The summed E-state index contributed by atoms with van der Waals surface area (Å²) in [4.78, 5) is 17.3. The molecule has 2 heterocycles. The number of likely N-dealkylation sites (N-methyl/N-ethyl adjacent to an activating group) is 1. The van der Waals surface area contributed by atoms with Crippen molar-refractivity contribution < 1.29 is 4.79 Å². The van der Waals surface area contributed by atoms with E-state index in [2.05, 4.69) is 20.5 Å². The number of carbonyl (C=O) groups excluding carboxylic acids is 1. The highest BCUT2D eigenvalue weighted by atomic mass is 16.2. The van der Waals surface area contributed by atoms with Crippen LogP contribution in [-0.2, 0) is 4.79 Å². The van der Waals surface area contributed by atoms with Crippen LogP contribution in [0, 0.1) is 0 Å². The van der Waals surface area contributed by atoms with Gasteiger partial charge >= 0.3 is 0 Å². The molecule has 0 bridgehead atoms. The summed E-state index contributed by atoms with van der Waals surface area (Å²) in [6, 6.07) is 0. The van der Waals surface area contributed by atoms with Gasteiger partial charge in [-0.2, -0.15) is 0 Å². The van der Waals surface area contributed by atoms with Gasteiger partial charge in [0, 0.05) is 32.4 Å². The molecule has 0 radical (unpaired) electrons. The monoisotopic (exact) mass is 260 g/mol. The Morgan fingerprint density at radius 3 is 2.95 bits per heavy atom. The summed E-state index contributed by atoms with van der Waals surface area (Å²) < 4.78 is 1.95. The molecule has 7 nitrogen and oxygen atoms in total. The van der Waals surface area contributed by atoms with Crippen LogP contribution in [0.15, 0.2) is 12.4 Å². The molecular formula is C12H16N6O. The van der Waals surface area contributed by atoms with Crippen LogP contribution in [0.5, 0.6) is 0 Å². The van der Waals surface area contributed by atoms with E-state index in [1.54, 1.807) is 20.3 Å². The molecule has 3 rings (SSSR count). The highest BCUT2D eigenvalue weighted by molar-refractivity contribution is 5.81. The van der Waals surface area contributed by atoms with Gasteiger partial charge in [-0.15, -0.1) is 10.2 Å². The second-order valence-corrected chi connectivity index (χ2v) is 4.94. The second-order valence-electron chi connectivity index (χ2n) is 4.94. The maximum Gasteiger partial charge on any atom is 0.241 e. The largest absolute Gasteiger partial charge is 0.358 e. The predicted molar refractivity (Wildman–Crippen MR) is 69.9 cm³/mol. The Balaban J connectivity index is 1.85. The lowest BCUT2D eigenvalue weighted by atomic mass is 10.4. The lowest BCUT2D eigenvalue weighted by molar-refractivity contribution is -0.126. The Labute approximate surface area is 110 Å². The summed E-state index contributed by atoms with van der Waals surface area (Å²) in [5.41, 5.74) is 0.677. The molecule has 1 aliphatic carbocycles. The molecule has 7 heteroatoms. The zero-order valence-electron chi connectivity index (χ0n) is 11.0. The number of fused-ring (bicyclic) bond motifs is 1. The minimum atomic E-state index is -0.00858. The quantitative estimate of drug-likeness (QED) is 0.866. The van der Waals surface area contributed by atoms with Crippen LogP contribution in [0.4, 0.5) is 5.82 Å². The van der Waals surface area contributed by atoms with E-state index in [0.29, 0.717) is 17.4 Å². The fourth-order valence-corrected chi connectivity index (χ4v) is 1.91. The summed E-state index contributed by atoms with van der Waals surface area (Å²) in [7, 11) is 3.45. The number of hydrogen-bond acceptors (Lipinski definition) is 5. The van der Waals surface area contributed by atoms with Gasteiger partial charge in [0.2, 0.25) is 11.6 Å². The van der Waals surface area contributed by atoms with Crippen molar-refractivity contribution in [3.63, 3.8) is 0 Å². The summed E-state index contributed by atoms with van der Waals surface area (Å²) in [6.45, 7) is 0.200. The summed E-state index contributed by atoms with van der Waals surface area (Å²) in [5.74, 6) is 2.09. The van der Waals surface area contributed by atoms with Crippen molar-refractivity contribution >= 4 is 17.4 Å². The molecule has 1 aliphatic rings. The Morgan fingerprint density at radius 2 is 2.26 bits per heavy atom. The van der Waals surface area contributed by atoms with Gasteiger partial charge in [0.15, 0.2) is 5.82 Å². The maximum absolute atomic E-state index is 11.6. The van der Waals surface area contributed by atoms with Gasteiger partial charge in [-0.1, -0.05) is 0 Å². The highest BCUT2D eigenvalue weighted by Gasteiger charge is 2.29. The van der Waals surface area contributed by atoms with E-state index in [-0.39, 0.29) is 12.5 Å². The molecule has 100 valence electrons. The number of amides is 1. The first-order valence-electron chi connectivity index (χ1n) is 6.30. The van der Waals surface area contributed by atoms with E-state index >= 15 is 0 Å². The number of anilines is 1. The molecular weight excluding hydrogens is 244 g/mol. The average Bonchev–Trinajstić information content (AvgIpc) is 3.15. The summed E-state index contributed by atoms with van der Waals surface area (Å²) >= 11 is 0. The van der Waals surface area contributed by atoms with Crippen LogP contribution in [0.25, 0.3) is 5.65 Å². The molecule has 2 aromatic rings. The van der Waals surface area contributed by atoms with Crippen molar-refractivity contribution in [1.29, 1.82) is 0 Å². The van der Waals surface area contributed by atoms with Gasteiger partial charge in [-0.3, -0.25) is 9.20 Å². The van der Waals surface area contributed by atoms with Gasteiger partial charge in [-0.25, -0.2) is 4.98 Å².